The molecule has 1 N–H and O–H groups in total. The van der Waals surface area contributed by atoms with Crippen LogP contribution in [0.2, 0.25) is 0 Å². The fourth-order valence-corrected chi connectivity index (χ4v) is 0.399. The normalized spacial score (nSPS) is 12.6. The van der Waals surface area contributed by atoms with Crippen LogP contribution in [0.1, 0.15) is 6.42 Å². The van der Waals surface area contributed by atoms with E-state index in [-0.39, 0.29) is 12.2 Å². The summed E-state index contributed by atoms with van der Waals surface area (Å²) in [7, 11) is 0. The molecule has 1 atom stereocenters. The summed E-state index contributed by atoms with van der Waals surface area (Å²) < 4.78 is 17.7. The maximum Gasteiger partial charge on any atom is 0.153 e. The van der Waals surface area contributed by atoms with E-state index in [2.05, 4.69) is 0 Å². The maximum atomic E-state index is 9.72. The van der Waals surface area contributed by atoms with Crippen LogP contribution in [0.5, 0.6) is 0 Å². The third kappa shape index (κ3) is 5.60. The molecule has 0 saturated carbocycles. The molecule has 0 aromatic rings. The zero-order valence-corrected chi connectivity index (χ0v) is 4.44. The molecule has 0 aliphatic carbocycles. The van der Waals surface area contributed by atoms with Gasteiger partial charge in [0.2, 0.25) is 0 Å². The molecule has 4 heteroatoms. The second-order valence-corrected chi connectivity index (χ2v) is 1.98. The Morgan fingerprint density at radius 2 is 2.43 bits per heavy atom. The van der Waals surface area contributed by atoms with Gasteiger partial charge in [0.25, 0.3) is 0 Å². The molecule has 0 aromatic carbocycles. The summed E-state index contributed by atoms with van der Waals surface area (Å²) in [5.41, 5.74) is 0. The van der Waals surface area contributed by atoms with Gasteiger partial charge < -0.3 is 4.55 Å². The highest BCUT2D eigenvalue weighted by molar-refractivity contribution is 7.79. The predicted octanol–water partition coefficient (Wildman–Crippen LogP) is 0.122. The molecule has 0 rings (SSSR count). The Bertz CT molecular complexity index is 106. The van der Waals surface area contributed by atoms with Crippen molar-refractivity contribution in [2.45, 2.75) is 6.42 Å². The van der Waals surface area contributed by atoms with Gasteiger partial charge in [-0.05, 0) is 0 Å². The average Bonchev–Trinajstić information content (AvgIpc) is 1.61. The minimum absolute atomic E-state index is 0.0660. The molecule has 0 spiro atoms. The first kappa shape index (κ1) is 6.60. The Labute approximate surface area is 44.2 Å². The lowest BCUT2D eigenvalue weighted by atomic mass is 10.6. The minimum atomic E-state index is -1.79. The monoisotopic (exact) mass is 119 g/mol. The van der Waals surface area contributed by atoms with Crippen molar-refractivity contribution in [2.75, 3.05) is 5.75 Å². The van der Waals surface area contributed by atoms with E-state index in [4.69, 9.17) is 9.81 Å². The van der Waals surface area contributed by atoms with E-state index in [9.17, 15) is 4.21 Å². The van der Waals surface area contributed by atoms with Crippen LogP contribution in [0.4, 0.5) is 0 Å². The van der Waals surface area contributed by atoms with E-state index in [1.165, 1.54) is 0 Å². The fraction of sp³-hybridized carbons (Fsp3) is 0.667. The van der Waals surface area contributed by atoms with Gasteiger partial charge in [-0.3, -0.25) is 0 Å². The van der Waals surface area contributed by atoms with Gasteiger partial charge in [0.15, 0.2) is 11.1 Å². The lowest BCUT2D eigenvalue weighted by Crippen LogP contribution is -1.91. The van der Waals surface area contributed by atoms with Crippen molar-refractivity contribution in [1.29, 1.82) is 5.26 Å². The van der Waals surface area contributed by atoms with E-state index < -0.39 is 11.1 Å². The molecule has 0 saturated heterocycles. The second kappa shape index (κ2) is 3.78. The molecule has 0 radical (unpaired) electrons. The summed E-state index contributed by atoms with van der Waals surface area (Å²) in [4.78, 5) is 0. The molecule has 0 fully saturated rings. The standard InChI is InChI=1S/C3H5NO2S/c4-2-1-3-7(5)6/h1,3H2,(H,5,6). The van der Waals surface area contributed by atoms with Crippen LogP contribution in [0, 0.1) is 11.3 Å². The molecule has 40 valence electrons. The second-order valence-electron chi connectivity index (χ2n) is 0.934. The van der Waals surface area contributed by atoms with E-state index in [1.54, 1.807) is 6.07 Å². The van der Waals surface area contributed by atoms with Crippen molar-refractivity contribution in [3.63, 3.8) is 0 Å². The largest absolute Gasteiger partial charge is 0.306 e. The highest BCUT2D eigenvalue weighted by atomic mass is 32.2. The van der Waals surface area contributed by atoms with Gasteiger partial charge in [-0.15, -0.1) is 0 Å². The minimum Gasteiger partial charge on any atom is -0.306 e. The van der Waals surface area contributed by atoms with Gasteiger partial charge in [0.05, 0.1) is 11.8 Å². The molecule has 0 heterocycles. The first-order chi connectivity index (χ1) is 3.27. The van der Waals surface area contributed by atoms with Crippen LogP contribution in [0.3, 0.4) is 0 Å². The number of rotatable bonds is 2. The molecule has 7 heavy (non-hydrogen) atoms. The summed E-state index contributed by atoms with van der Waals surface area (Å²) >= 11 is -1.79. The van der Waals surface area contributed by atoms with Crippen LogP contribution in [0.25, 0.3) is 0 Å². The average molecular weight is 119 g/mol. The zero-order valence-electron chi connectivity index (χ0n) is 3.63. The molecule has 0 amide bonds. The lowest BCUT2D eigenvalue weighted by Gasteiger charge is -1.79. The number of nitriles is 1. The number of hydrogen-bond acceptors (Lipinski definition) is 2. The van der Waals surface area contributed by atoms with Crippen LogP contribution in [0.15, 0.2) is 0 Å². The van der Waals surface area contributed by atoms with Crippen molar-refractivity contribution < 1.29 is 8.76 Å². The Morgan fingerprint density at radius 1 is 1.86 bits per heavy atom. The van der Waals surface area contributed by atoms with Gasteiger partial charge in [-0.1, -0.05) is 0 Å². The van der Waals surface area contributed by atoms with Crippen LogP contribution >= 0.6 is 0 Å². The zero-order chi connectivity index (χ0) is 5.70. The molecule has 1 unspecified atom stereocenters. The maximum absolute atomic E-state index is 9.72. The van der Waals surface area contributed by atoms with Crippen molar-refractivity contribution in [3.8, 4) is 6.07 Å². The summed E-state index contributed by atoms with van der Waals surface area (Å²) in [6.07, 6.45) is 0.156. The third-order valence-corrected chi connectivity index (χ3v) is 0.942. The van der Waals surface area contributed by atoms with Crippen LogP contribution in [-0.4, -0.2) is 14.5 Å². The lowest BCUT2D eigenvalue weighted by molar-refractivity contribution is 0.564. The van der Waals surface area contributed by atoms with Gasteiger partial charge in [-0.25, -0.2) is 4.21 Å². The van der Waals surface area contributed by atoms with Gasteiger partial charge >= 0.3 is 0 Å². The molecule has 0 aliphatic heterocycles. The van der Waals surface area contributed by atoms with Gasteiger partial charge in [-0.2, -0.15) is 5.26 Å². The van der Waals surface area contributed by atoms with Crippen molar-refractivity contribution >= 4 is 11.1 Å². The smallest absolute Gasteiger partial charge is 0.153 e. The SMILES string of the molecule is N#CCCS(=O)O. The molecule has 0 bridgehead atoms. The Hall–Kier alpha value is -0.400. The highest BCUT2D eigenvalue weighted by Gasteiger charge is 1.87. The topological polar surface area (TPSA) is 61.1 Å². The molecular weight excluding hydrogens is 114 g/mol. The predicted molar refractivity (Wildman–Crippen MR) is 25.9 cm³/mol. The molecular formula is C3H5NO2S. The van der Waals surface area contributed by atoms with Gasteiger partial charge in [0, 0.05) is 6.42 Å². The first-order valence-corrected chi connectivity index (χ1v) is 2.99. The van der Waals surface area contributed by atoms with E-state index >= 15 is 0 Å². The molecule has 0 aromatic heterocycles. The molecule has 3 nitrogen and oxygen atoms in total. The Balaban J connectivity index is 3.02. The van der Waals surface area contributed by atoms with E-state index in [0.29, 0.717) is 0 Å². The van der Waals surface area contributed by atoms with Crippen LogP contribution in [-0.2, 0) is 11.1 Å². The number of hydrogen-bond donors (Lipinski definition) is 1. The quantitative estimate of drug-likeness (QED) is 0.525. The first-order valence-electron chi connectivity index (χ1n) is 1.72. The van der Waals surface area contributed by atoms with Crippen molar-refractivity contribution in [1.82, 2.24) is 0 Å². The van der Waals surface area contributed by atoms with Crippen molar-refractivity contribution in [2.24, 2.45) is 0 Å². The van der Waals surface area contributed by atoms with Crippen molar-refractivity contribution in [3.05, 3.63) is 0 Å². The summed E-state index contributed by atoms with van der Waals surface area (Å²) in [6.45, 7) is 0. The number of nitrogens with zero attached hydrogens (tertiary/aromatic N) is 1. The Morgan fingerprint density at radius 3 is 2.57 bits per heavy atom. The van der Waals surface area contributed by atoms with Gasteiger partial charge in [0.1, 0.15) is 0 Å². The molecule has 0 aliphatic rings. The summed E-state index contributed by atoms with van der Waals surface area (Å²) in [5, 5.41) is 7.82. The van der Waals surface area contributed by atoms with E-state index in [1.807, 2.05) is 0 Å². The third-order valence-electron chi connectivity index (χ3n) is 0.388. The summed E-state index contributed by atoms with van der Waals surface area (Å²) in [6, 6.07) is 1.75. The van der Waals surface area contributed by atoms with Crippen LogP contribution < -0.4 is 0 Å². The summed E-state index contributed by atoms with van der Waals surface area (Å²) in [5.74, 6) is 0.0660. The highest BCUT2D eigenvalue weighted by Crippen LogP contribution is 1.77. The fourth-order valence-electron chi connectivity index (χ4n) is 0.133. The van der Waals surface area contributed by atoms with E-state index in [0.717, 1.165) is 0 Å². The Kier molecular flexibility index (Phi) is 3.56.